The predicted octanol–water partition coefficient (Wildman–Crippen LogP) is 2.18. The van der Waals surface area contributed by atoms with E-state index in [1.165, 1.54) is 11.1 Å². The van der Waals surface area contributed by atoms with Gasteiger partial charge in [-0.15, -0.1) is 5.10 Å². The average molecular weight is 332 g/mol. The summed E-state index contributed by atoms with van der Waals surface area (Å²) in [5.41, 5.74) is 2.50. The number of piperazine rings is 1. The number of anilines is 2. The molecule has 0 spiro atoms. The predicted molar refractivity (Wildman–Crippen MR) is 97.7 cm³/mol. The molecule has 2 aromatic heterocycles. The zero-order valence-electron chi connectivity index (χ0n) is 14.0. The van der Waals surface area contributed by atoms with Crippen LogP contribution in [0.25, 0.3) is 0 Å². The zero-order valence-corrected chi connectivity index (χ0v) is 14.0. The molecule has 1 aromatic carbocycles. The Labute approximate surface area is 147 Å². The van der Waals surface area contributed by atoms with Crippen LogP contribution < -0.4 is 9.80 Å². The minimum atomic E-state index is 0.797. The summed E-state index contributed by atoms with van der Waals surface area (Å²) in [7, 11) is 0. The molecule has 0 N–H and O–H groups in total. The van der Waals surface area contributed by atoms with Crippen molar-refractivity contribution in [1.82, 2.24) is 20.2 Å². The fourth-order valence-electron chi connectivity index (χ4n) is 3.14. The van der Waals surface area contributed by atoms with Crippen LogP contribution in [0.2, 0.25) is 0 Å². The molecule has 1 saturated heterocycles. The number of hydrogen-bond acceptors (Lipinski definition) is 6. The first-order valence-corrected chi connectivity index (χ1v) is 8.51. The van der Waals surface area contributed by atoms with Crippen LogP contribution in [0.5, 0.6) is 0 Å². The minimum Gasteiger partial charge on any atom is -0.351 e. The van der Waals surface area contributed by atoms with Gasteiger partial charge in [0.1, 0.15) is 0 Å². The quantitative estimate of drug-likeness (QED) is 0.730. The van der Waals surface area contributed by atoms with Crippen molar-refractivity contribution in [3.8, 4) is 0 Å². The van der Waals surface area contributed by atoms with Crippen molar-refractivity contribution in [3.05, 3.63) is 72.2 Å². The second-order valence-corrected chi connectivity index (χ2v) is 6.07. The Bertz CT molecular complexity index is 800. The van der Waals surface area contributed by atoms with E-state index >= 15 is 0 Å². The smallest absolute Gasteiger partial charge is 0.225 e. The Kier molecular flexibility index (Phi) is 4.50. The molecule has 0 unspecified atom stereocenters. The van der Waals surface area contributed by atoms with Gasteiger partial charge >= 0.3 is 0 Å². The van der Waals surface area contributed by atoms with Crippen LogP contribution in [0.4, 0.5) is 11.8 Å². The molecule has 0 aliphatic carbocycles. The molecule has 0 radical (unpaired) electrons. The van der Waals surface area contributed by atoms with Gasteiger partial charge in [-0.1, -0.05) is 30.3 Å². The van der Waals surface area contributed by atoms with E-state index in [9.17, 15) is 0 Å². The SMILES string of the molecule is c1ccc(Cc2ccnnc2N2CCN(c3ncccn3)CC2)cc1. The summed E-state index contributed by atoms with van der Waals surface area (Å²) in [5.74, 6) is 1.78. The van der Waals surface area contributed by atoms with Gasteiger partial charge in [0.15, 0.2) is 5.82 Å². The van der Waals surface area contributed by atoms with E-state index in [1.54, 1.807) is 18.6 Å². The van der Waals surface area contributed by atoms with Gasteiger partial charge in [-0.25, -0.2) is 9.97 Å². The van der Waals surface area contributed by atoms with Crippen molar-refractivity contribution in [2.45, 2.75) is 6.42 Å². The standard InChI is InChI=1S/C19H20N6/c1-2-5-16(6-3-1)15-17-7-10-22-23-18(17)24-11-13-25(14-12-24)19-20-8-4-9-21-19/h1-10H,11-15H2. The van der Waals surface area contributed by atoms with E-state index in [2.05, 4.69) is 60.3 Å². The van der Waals surface area contributed by atoms with E-state index in [4.69, 9.17) is 0 Å². The summed E-state index contributed by atoms with van der Waals surface area (Å²) in [6.45, 7) is 3.54. The van der Waals surface area contributed by atoms with Crippen LogP contribution in [-0.4, -0.2) is 46.3 Å². The number of aromatic nitrogens is 4. The third kappa shape index (κ3) is 3.57. The van der Waals surface area contributed by atoms with Crippen LogP contribution >= 0.6 is 0 Å². The first kappa shape index (κ1) is 15.5. The zero-order chi connectivity index (χ0) is 16.9. The third-order valence-corrected chi connectivity index (χ3v) is 4.43. The second kappa shape index (κ2) is 7.25. The first-order chi connectivity index (χ1) is 12.4. The monoisotopic (exact) mass is 332 g/mol. The molecule has 0 atom stereocenters. The molecule has 6 nitrogen and oxygen atoms in total. The highest BCUT2D eigenvalue weighted by molar-refractivity contribution is 5.49. The van der Waals surface area contributed by atoms with Gasteiger partial charge in [-0.05, 0) is 17.7 Å². The lowest BCUT2D eigenvalue weighted by Gasteiger charge is -2.35. The van der Waals surface area contributed by atoms with Gasteiger partial charge in [0.05, 0.1) is 6.20 Å². The second-order valence-electron chi connectivity index (χ2n) is 6.07. The van der Waals surface area contributed by atoms with E-state index in [0.29, 0.717) is 0 Å². The van der Waals surface area contributed by atoms with Gasteiger partial charge in [0, 0.05) is 50.6 Å². The molecule has 3 aromatic rings. The largest absolute Gasteiger partial charge is 0.351 e. The van der Waals surface area contributed by atoms with Gasteiger partial charge < -0.3 is 9.80 Å². The normalized spacial score (nSPS) is 14.6. The topological polar surface area (TPSA) is 58.0 Å². The molecule has 25 heavy (non-hydrogen) atoms. The van der Waals surface area contributed by atoms with Gasteiger partial charge in [0.2, 0.25) is 5.95 Å². The van der Waals surface area contributed by atoms with Crippen molar-refractivity contribution in [2.75, 3.05) is 36.0 Å². The lowest BCUT2D eigenvalue weighted by Crippen LogP contribution is -2.47. The number of hydrogen-bond donors (Lipinski definition) is 0. The van der Waals surface area contributed by atoms with E-state index in [-0.39, 0.29) is 0 Å². The lowest BCUT2D eigenvalue weighted by molar-refractivity contribution is 0.629. The molecule has 0 bridgehead atoms. The van der Waals surface area contributed by atoms with Gasteiger partial charge in [-0.2, -0.15) is 5.10 Å². The molecular formula is C19H20N6. The maximum Gasteiger partial charge on any atom is 0.225 e. The van der Waals surface area contributed by atoms with Crippen LogP contribution in [-0.2, 0) is 6.42 Å². The molecule has 3 heterocycles. The third-order valence-electron chi connectivity index (χ3n) is 4.43. The fraction of sp³-hybridized carbons (Fsp3) is 0.263. The maximum atomic E-state index is 4.42. The summed E-state index contributed by atoms with van der Waals surface area (Å²) >= 11 is 0. The Morgan fingerprint density at radius 3 is 2.24 bits per heavy atom. The Morgan fingerprint density at radius 1 is 0.760 bits per heavy atom. The Balaban J connectivity index is 1.48. The van der Waals surface area contributed by atoms with Crippen LogP contribution in [0, 0.1) is 0 Å². The summed E-state index contributed by atoms with van der Waals surface area (Å²) in [6.07, 6.45) is 6.22. The molecular weight excluding hydrogens is 312 g/mol. The number of benzene rings is 1. The first-order valence-electron chi connectivity index (χ1n) is 8.51. The highest BCUT2D eigenvalue weighted by Crippen LogP contribution is 2.22. The summed E-state index contributed by atoms with van der Waals surface area (Å²) < 4.78 is 0. The molecule has 1 aliphatic rings. The molecule has 1 aliphatic heterocycles. The summed E-state index contributed by atoms with van der Waals surface area (Å²) in [4.78, 5) is 13.2. The molecule has 4 rings (SSSR count). The van der Waals surface area contributed by atoms with Crippen molar-refractivity contribution >= 4 is 11.8 Å². The average Bonchev–Trinajstić information content (AvgIpc) is 2.70. The Hall–Kier alpha value is -3.02. The van der Waals surface area contributed by atoms with E-state index in [0.717, 1.165) is 44.4 Å². The number of nitrogens with zero attached hydrogens (tertiary/aromatic N) is 6. The Morgan fingerprint density at radius 2 is 1.48 bits per heavy atom. The highest BCUT2D eigenvalue weighted by Gasteiger charge is 2.21. The van der Waals surface area contributed by atoms with Crippen molar-refractivity contribution < 1.29 is 0 Å². The van der Waals surface area contributed by atoms with Crippen LogP contribution in [0.15, 0.2) is 61.1 Å². The number of rotatable bonds is 4. The minimum absolute atomic E-state index is 0.797. The molecule has 126 valence electrons. The summed E-state index contributed by atoms with van der Waals surface area (Å²) in [6, 6.07) is 14.4. The van der Waals surface area contributed by atoms with Gasteiger partial charge in [-0.3, -0.25) is 0 Å². The maximum absolute atomic E-state index is 4.42. The molecule has 0 amide bonds. The van der Waals surface area contributed by atoms with Crippen molar-refractivity contribution in [1.29, 1.82) is 0 Å². The highest BCUT2D eigenvalue weighted by atomic mass is 15.3. The summed E-state index contributed by atoms with van der Waals surface area (Å²) in [5, 5.41) is 8.53. The fourth-order valence-corrected chi connectivity index (χ4v) is 3.14. The van der Waals surface area contributed by atoms with Crippen LogP contribution in [0.3, 0.4) is 0 Å². The van der Waals surface area contributed by atoms with Crippen LogP contribution in [0.1, 0.15) is 11.1 Å². The van der Waals surface area contributed by atoms with E-state index in [1.807, 2.05) is 12.1 Å². The molecule has 1 fully saturated rings. The van der Waals surface area contributed by atoms with Crippen molar-refractivity contribution in [3.63, 3.8) is 0 Å². The lowest BCUT2D eigenvalue weighted by atomic mass is 10.1. The molecule has 6 heteroatoms. The van der Waals surface area contributed by atoms with Crippen molar-refractivity contribution in [2.24, 2.45) is 0 Å². The molecule has 0 saturated carbocycles. The van der Waals surface area contributed by atoms with Gasteiger partial charge in [0.25, 0.3) is 0 Å². The van der Waals surface area contributed by atoms with E-state index < -0.39 is 0 Å².